The van der Waals surface area contributed by atoms with Crippen LogP contribution in [0, 0.1) is 11.3 Å². The minimum absolute atomic E-state index is 0.0200. The van der Waals surface area contributed by atoms with E-state index in [2.05, 4.69) is 29.6 Å². The van der Waals surface area contributed by atoms with E-state index in [1.54, 1.807) is 0 Å². The minimum atomic E-state index is -1.09. The first-order chi connectivity index (χ1) is 16.6. The largest absolute Gasteiger partial charge is 0.479 e. The molecule has 2 amide bonds. The molecule has 1 atom stereocenters. The van der Waals surface area contributed by atoms with Crippen LogP contribution in [-0.2, 0) is 14.3 Å². The molecule has 1 saturated carbocycles. The van der Waals surface area contributed by atoms with Gasteiger partial charge in [0.2, 0.25) is 5.91 Å². The summed E-state index contributed by atoms with van der Waals surface area (Å²) in [4.78, 5) is 39.4. The second-order valence-electron chi connectivity index (χ2n) is 11.0. The monoisotopic (exact) mass is 476 g/mol. The summed E-state index contributed by atoms with van der Waals surface area (Å²) in [5, 5.41) is 12.6. The molecule has 0 aromatic heterocycles. The number of carbonyl (C=O) groups excluding carboxylic acids is 2. The number of nitrogens with zero attached hydrogens (tertiary/aromatic N) is 1. The average Bonchev–Trinajstić information content (AvgIpc) is 3.41. The maximum atomic E-state index is 13.1. The molecule has 2 aromatic carbocycles. The van der Waals surface area contributed by atoms with Gasteiger partial charge in [-0.25, -0.2) is 9.59 Å². The number of nitrogens with one attached hydrogen (secondary N) is 1. The van der Waals surface area contributed by atoms with Crippen molar-refractivity contribution in [3.8, 4) is 11.1 Å². The van der Waals surface area contributed by atoms with Crippen LogP contribution < -0.4 is 5.32 Å². The summed E-state index contributed by atoms with van der Waals surface area (Å²) < 4.78 is 5.66. The van der Waals surface area contributed by atoms with Crippen molar-refractivity contribution in [3.05, 3.63) is 59.7 Å². The number of aliphatic carboxylic acids is 1. The Balaban J connectivity index is 1.23. The molecule has 0 radical (unpaired) electrons. The van der Waals surface area contributed by atoms with E-state index in [1.807, 2.05) is 45.0 Å². The Bertz CT molecular complexity index is 1140. The minimum Gasteiger partial charge on any atom is -0.479 e. The summed E-state index contributed by atoms with van der Waals surface area (Å²) in [6, 6.07) is 15.9. The van der Waals surface area contributed by atoms with Gasteiger partial charge in [0.05, 0.1) is 0 Å². The van der Waals surface area contributed by atoms with E-state index < -0.39 is 23.6 Å². The van der Waals surface area contributed by atoms with Crippen LogP contribution in [-0.4, -0.2) is 52.7 Å². The molecule has 2 saturated heterocycles. The number of carboxylic acids is 1. The van der Waals surface area contributed by atoms with E-state index in [-0.39, 0.29) is 36.2 Å². The third-order valence-corrected chi connectivity index (χ3v) is 8.04. The second-order valence-corrected chi connectivity index (χ2v) is 11.0. The molecule has 2 bridgehead atoms. The smallest absolute Gasteiger partial charge is 0.407 e. The van der Waals surface area contributed by atoms with Gasteiger partial charge in [-0.15, -0.1) is 0 Å². The number of rotatable bonds is 7. The quantitative estimate of drug-likeness (QED) is 0.617. The van der Waals surface area contributed by atoms with E-state index in [4.69, 9.17) is 4.74 Å². The van der Waals surface area contributed by atoms with Gasteiger partial charge in [-0.2, -0.15) is 0 Å². The fourth-order valence-corrected chi connectivity index (χ4v) is 6.33. The van der Waals surface area contributed by atoms with Gasteiger partial charge in [0.1, 0.15) is 12.1 Å². The predicted octanol–water partition coefficient (Wildman–Crippen LogP) is 4.41. The Morgan fingerprint density at radius 2 is 1.63 bits per heavy atom. The molecule has 4 aliphatic rings. The van der Waals surface area contributed by atoms with E-state index in [9.17, 15) is 19.5 Å². The lowest BCUT2D eigenvalue weighted by Crippen LogP contribution is -2.57. The topological polar surface area (TPSA) is 95.9 Å². The molecule has 2 heterocycles. The molecule has 184 valence electrons. The molecule has 0 unspecified atom stereocenters. The summed E-state index contributed by atoms with van der Waals surface area (Å²) in [6.07, 6.45) is 0.469. The Morgan fingerprint density at radius 1 is 1.06 bits per heavy atom. The fraction of sp³-hybridized carbons (Fsp3) is 0.464. The highest BCUT2D eigenvalue weighted by Crippen LogP contribution is 2.59. The van der Waals surface area contributed by atoms with E-state index in [0.29, 0.717) is 19.4 Å². The van der Waals surface area contributed by atoms with Crippen LogP contribution >= 0.6 is 0 Å². The molecule has 2 aromatic rings. The maximum absolute atomic E-state index is 13.1. The summed E-state index contributed by atoms with van der Waals surface area (Å²) in [7, 11) is 0. The lowest BCUT2D eigenvalue weighted by atomic mass is 9.63. The van der Waals surface area contributed by atoms with Gasteiger partial charge < -0.3 is 20.1 Å². The fourth-order valence-electron chi connectivity index (χ4n) is 6.33. The molecule has 0 spiro atoms. The first kappa shape index (κ1) is 23.4. The number of amides is 2. The molecule has 2 N–H and O–H groups in total. The molecular formula is C28H32N2O5. The third-order valence-electron chi connectivity index (χ3n) is 8.04. The molecule has 7 nitrogen and oxygen atoms in total. The number of ether oxygens (including phenoxy) is 1. The zero-order valence-electron chi connectivity index (χ0n) is 20.4. The first-order valence-corrected chi connectivity index (χ1v) is 12.3. The Hall–Kier alpha value is -3.35. The lowest BCUT2D eigenvalue weighted by molar-refractivity contribution is -0.160. The van der Waals surface area contributed by atoms with Crippen LogP contribution in [0.1, 0.15) is 57.1 Å². The normalized spacial score (nSPS) is 25.0. The number of alkyl carbamates (subject to hydrolysis) is 1. The number of carbonyl (C=O) groups is 3. The van der Waals surface area contributed by atoms with E-state index in [0.717, 1.165) is 22.3 Å². The number of carboxylic acid groups (broad SMARTS) is 1. The van der Waals surface area contributed by atoms with Crippen LogP contribution in [0.25, 0.3) is 11.1 Å². The molecule has 7 heteroatoms. The van der Waals surface area contributed by atoms with Crippen LogP contribution in [0.2, 0.25) is 0 Å². The molecule has 35 heavy (non-hydrogen) atoms. The molecular weight excluding hydrogens is 444 g/mol. The van der Waals surface area contributed by atoms with Gasteiger partial charge in [-0.1, -0.05) is 69.3 Å². The van der Waals surface area contributed by atoms with Gasteiger partial charge in [-0.05, 0) is 46.4 Å². The summed E-state index contributed by atoms with van der Waals surface area (Å²) >= 11 is 0. The van der Waals surface area contributed by atoms with Crippen molar-refractivity contribution in [1.82, 2.24) is 10.2 Å². The van der Waals surface area contributed by atoms with Crippen molar-refractivity contribution >= 4 is 18.0 Å². The highest BCUT2D eigenvalue weighted by molar-refractivity contribution is 5.90. The van der Waals surface area contributed by atoms with Crippen molar-refractivity contribution < 1.29 is 24.2 Å². The molecule has 6 rings (SSSR count). The first-order valence-electron chi connectivity index (χ1n) is 12.3. The Morgan fingerprint density at radius 3 is 2.17 bits per heavy atom. The number of hydrogen-bond acceptors (Lipinski definition) is 4. The van der Waals surface area contributed by atoms with E-state index in [1.165, 1.54) is 4.90 Å². The van der Waals surface area contributed by atoms with Crippen molar-refractivity contribution in [1.29, 1.82) is 0 Å². The zero-order chi connectivity index (χ0) is 25.0. The summed E-state index contributed by atoms with van der Waals surface area (Å²) in [5.74, 6) is -1.23. The van der Waals surface area contributed by atoms with Gasteiger partial charge in [-0.3, -0.25) is 4.79 Å². The standard InChI is InChI=1S/C28H32N2O5/c1-17(2)23(12-24(31)30-16-27(3)14-28(30,15-27)25(32)33)29-26(34)35-13-22-20-10-6-4-8-18(20)19-9-5-7-11-21(19)22/h4-11,17,22-23H,12-16H2,1-3H3,(H,29,34)(H,32,33)/t23-,27?,28?/m0/s1. The van der Waals surface area contributed by atoms with Gasteiger partial charge in [0.25, 0.3) is 0 Å². The highest BCUT2D eigenvalue weighted by atomic mass is 16.5. The molecule has 2 aliphatic carbocycles. The van der Waals surface area contributed by atoms with Gasteiger partial charge in [0, 0.05) is 24.9 Å². The van der Waals surface area contributed by atoms with Gasteiger partial charge >= 0.3 is 12.1 Å². The average molecular weight is 477 g/mol. The SMILES string of the molecule is CC(C)[C@H](CC(=O)N1CC2(C)CC1(C(=O)O)C2)NC(=O)OCC1c2ccccc2-c2ccccc21. The lowest BCUT2D eigenvalue weighted by Gasteiger charge is -2.42. The van der Waals surface area contributed by atoms with Crippen LogP contribution in [0.5, 0.6) is 0 Å². The van der Waals surface area contributed by atoms with Crippen LogP contribution in [0.4, 0.5) is 4.79 Å². The number of benzene rings is 2. The maximum Gasteiger partial charge on any atom is 0.407 e. The van der Waals surface area contributed by atoms with Crippen LogP contribution in [0.15, 0.2) is 48.5 Å². The van der Waals surface area contributed by atoms with Gasteiger partial charge in [0.15, 0.2) is 0 Å². The second kappa shape index (κ2) is 8.40. The zero-order valence-corrected chi connectivity index (χ0v) is 20.4. The number of hydrogen-bond donors (Lipinski definition) is 2. The van der Waals surface area contributed by atoms with Crippen molar-refractivity contribution in [3.63, 3.8) is 0 Å². The third kappa shape index (κ3) is 3.87. The van der Waals surface area contributed by atoms with Crippen molar-refractivity contribution in [2.45, 2.75) is 57.5 Å². The summed E-state index contributed by atoms with van der Waals surface area (Å²) in [6.45, 7) is 6.54. The Kier molecular flexibility index (Phi) is 5.61. The molecule has 2 aliphatic heterocycles. The Labute approximate surface area is 205 Å². The highest BCUT2D eigenvalue weighted by Gasteiger charge is 2.68. The number of fused-ring (bicyclic) bond motifs is 4. The van der Waals surface area contributed by atoms with Crippen molar-refractivity contribution in [2.24, 2.45) is 11.3 Å². The van der Waals surface area contributed by atoms with E-state index >= 15 is 0 Å². The van der Waals surface area contributed by atoms with Crippen LogP contribution in [0.3, 0.4) is 0 Å². The molecule has 3 fully saturated rings. The van der Waals surface area contributed by atoms with Crippen molar-refractivity contribution in [2.75, 3.05) is 13.2 Å². The predicted molar refractivity (Wildman–Crippen MR) is 131 cm³/mol. The summed E-state index contributed by atoms with van der Waals surface area (Å²) in [5.41, 5.74) is 3.38.